The number of hydrogen-bond donors (Lipinski definition) is 0. The molecule has 0 spiro atoms. The number of phosphoric ester groups is 1. The standard InChI is InChI=1S/C70H114NO8P/c1-6-8-10-12-14-16-18-20-22-24-26-28-29-30-31-32-33-34-35-36-37-38-39-40-41-43-45-47-49-51-53-55-57-59-61-63-70(73)79-68(67-78-80(74,75)77-65-64-71(3,4)5)66-76-69(72)62-60-58-56-54-52-50-48-46-44-42-27-25-23-21-19-17-15-13-11-9-7-2/h8-11,14-17,20-23,26-28,30-31,33-34,36-37,39-40,42,46,48,68H,6-7,12-13,18-19,24-25,29,32,35,38,41,43-45,47,49-67H2,1-5H3/b10-8-,11-9-,16-14-,17-15-,22-20-,23-21-,28-26-,31-30-,34-33-,37-36-,40-39-,42-27-,48-46-. The number of carbonyl (C=O) groups excluding carboxylic acids is 2. The van der Waals surface area contributed by atoms with Gasteiger partial charge in [0.2, 0.25) is 0 Å². The fraction of sp³-hybridized carbons (Fsp3) is 0.600. The summed E-state index contributed by atoms with van der Waals surface area (Å²) in [6.45, 7) is 3.96. The molecule has 0 fully saturated rings. The molecule has 0 aliphatic rings. The van der Waals surface area contributed by atoms with Gasteiger partial charge in [0.1, 0.15) is 19.8 Å². The van der Waals surface area contributed by atoms with Crippen LogP contribution in [0.5, 0.6) is 0 Å². The minimum Gasteiger partial charge on any atom is -0.756 e. The van der Waals surface area contributed by atoms with E-state index in [-0.39, 0.29) is 26.1 Å². The van der Waals surface area contributed by atoms with E-state index in [0.29, 0.717) is 23.9 Å². The maximum atomic E-state index is 12.8. The highest BCUT2D eigenvalue weighted by molar-refractivity contribution is 7.45. The largest absolute Gasteiger partial charge is 0.756 e. The minimum atomic E-state index is -4.66. The average Bonchev–Trinajstić information content (AvgIpc) is 3.42. The second kappa shape index (κ2) is 59.3. The lowest BCUT2D eigenvalue weighted by atomic mass is 10.0. The Bertz CT molecular complexity index is 1900. The van der Waals surface area contributed by atoms with Crippen LogP contribution < -0.4 is 4.89 Å². The average molecular weight is 1130 g/mol. The van der Waals surface area contributed by atoms with Crippen LogP contribution in [0.4, 0.5) is 0 Å². The lowest BCUT2D eigenvalue weighted by molar-refractivity contribution is -0.870. The Kier molecular flexibility index (Phi) is 56.0. The van der Waals surface area contributed by atoms with Crippen molar-refractivity contribution in [1.29, 1.82) is 0 Å². The molecule has 0 saturated heterocycles. The van der Waals surface area contributed by atoms with Gasteiger partial charge in [0.15, 0.2) is 6.10 Å². The van der Waals surface area contributed by atoms with Crippen molar-refractivity contribution in [2.75, 3.05) is 47.5 Å². The van der Waals surface area contributed by atoms with Crippen molar-refractivity contribution in [1.82, 2.24) is 0 Å². The first-order chi connectivity index (χ1) is 39.0. The lowest BCUT2D eigenvalue weighted by Crippen LogP contribution is -2.37. The molecule has 0 aromatic heterocycles. The van der Waals surface area contributed by atoms with Gasteiger partial charge < -0.3 is 27.9 Å². The van der Waals surface area contributed by atoms with Crippen LogP contribution in [0.15, 0.2) is 158 Å². The van der Waals surface area contributed by atoms with Gasteiger partial charge >= 0.3 is 11.9 Å². The Morgan fingerprint density at radius 3 is 1.00 bits per heavy atom. The highest BCUT2D eigenvalue weighted by Crippen LogP contribution is 2.38. The molecule has 0 radical (unpaired) electrons. The fourth-order valence-electron chi connectivity index (χ4n) is 7.82. The zero-order chi connectivity index (χ0) is 58.4. The number of phosphoric acid groups is 1. The van der Waals surface area contributed by atoms with Crippen LogP contribution in [0, 0.1) is 0 Å². The van der Waals surface area contributed by atoms with Crippen LogP contribution in [0.3, 0.4) is 0 Å². The second-order valence-corrected chi connectivity index (χ2v) is 22.7. The molecular weight excluding hydrogens is 1010 g/mol. The summed E-state index contributed by atoms with van der Waals surface area (Å²) in [4.78, 5) is 37.9. The highest BCUT2D eigenvalue weighted by Gasteiger charge is 2.22. The van der Waals surface area contributed by atoms with Gasteiger partial charge in [-0.3, -0.25) is 14.2 Å². The van der Waals surface area contributed by atoms with Gasteiger partial charge in [0, 0.05) is 12.8 Å². The Hall–Kier alpha value is -4.37. The van der Waals surface area contributed by atoms with Crippen LogP contribution in [0.25, 0.3) is 0 Å². The number of unbranched alkanes of at least 4 members (excludes halogenated alkanes) is 15. The van der Waals surface area contributed by atoms with Gasteiger partial charge in [-0.25, -0.2) is 0 Å². The molecule has 0 aromatic rings. The third kappa shape index (κ3) is 62.8. The summed E-state index contributed by atoms with van der Waals surface area (Å²) in [7, 11) is 1.13. The molecule has 9 nitrogen and oxygen atoms in total. The lowest BCUT2D eigenvalue weighted by Gasteiger charge is -2.28. The maximum absolute atomic E-state index is 12.8. The molecule has 0 amide bonds. The van der Waals surface area contributed by atoms with Crippen molar-refractivity contribution >= 4 is 19.8 Å². The van der Waals surface area contributed by atoms with Crippen molar-refractivity contribution in [3.8, 4) is 0 Å². The zero-order valence-electron chi connectivity index (χ0n) is 51.2. The number of esters is 2. The first kappa shape index (κ1) is 75.6. The van der Waals surface area contributed by atoms with E-state index >= 15 is 0 Å². The van der Waals surface area contributed by atoms with Crippen LogP contribution in [-0.2, 0) is 32.7 Å². The van der Waals surface area contributed by atoms with Crippen molar-refractivity contribution in [2.45, 2.75) is 225 Å². The normalized spacial score (nSPS) is 14.3. The van der Waals surface area contributed by atoms with E-state index in [1.165, 1.54) is 38.5 Å². The monoisotopic (exact) mass is 1130 g/mol. The highest BCUT2D eigenvalue weighted by atomic mass is 31.2. The summed E-state index contributed by atoms with van der Waals surface area (Å²) >= 11 is 0. The minimum absolute atomic E-state index is 0.0439. The van der Waals surface area contributed by atoms with Crippen LogP contribution in [-0.4, -0.2) is 70.0 Å². The molecule has 0 rings (SSSR count). The van der Waals surface area contributed by atoms with Gasteiger partial charge in [-0.15, -0.1) is 0 Å². The summed E-state index contributed by atoms with van der Waals surface area (Å²) in [6.07, 6.45) is 88.6. The van der Waals surface area contributed by atoms with Crippen molar-refractivity contribution < 1.29 is 42.1 Å². The predicted molar refractivity (Wildman–Crippen MR) is 341 cm³/mol. The van der Waals surface area contributed by atoms with Crippen molar-refractivity contribution in [2.24, 2.45) is 0 Å². The summed E-state index contributed by atoms with van der Waals surface area (Å²) in [5.41, 5.74) is 0. The topological polar surface area (TPSA) is 111 Å². The van der Waals surface area contributed by atoms with Gasteiger partial charge in [0.05, 0.1) is 27.7 Å². The first-order valence-electron chi connectivity index (χ1n) is 31.2. The molecule has 2 atom stereocenters. The van der Waals surface area contributed by atoms with Crippen LogP contribution in [0.2, 0.25) is 0 Å². The molecule has 0 aromatic carbocycles. The number of likely N-dealkylation sites (N-methyl/N-ethyl adjacent to an activating group) is 1. The van der Waals surface area contributed by atoms with Crippen LogP contribution in [0.1, 0.15) is 219 Å². The maximum Gasteiger partial charge on any atom is 0.306 e. The van der Waals surface area contributed by atoms with E-state index in [0.717, 1.165) is 141 Å². The van der Waals surface area contributed by atoms with E-state index in [1.807, 2.05) is 21.1 Å². The summed E-state index contributed by atoms with van der Waals surface area (Å²) < 4.78 is 34.2. The van der Waals surface area contributed by atoms with Crippen molar-refractivity contribution in [3.05, 3.63) is 158 Å². The first-order valence-corrected chi connectivity index (χ1v) is 32.7. The van der Waals surface area contributed by atoms with Gasteiger partial charge in [-0.05, 0) is 122 Å². The summed E-state index contributed by atoms with van der Waals surface area (Å²) in [6, 6.07) is 0. The third-order valence-electron chi connectivity index (χ3n) is 12.5. The second-order valence-electron chi connectivity index (χ2n) is 21.3. The number of hydrogen-bond acceptors (Lipinski definition) is 8. The molecule has 452 valence electrons. The Morgan fingerprint density at radius 2 is 0.675 bits per heavy atom. The fourth-order valence-corrected chi connectivity index (χ4v) is 8.54. The van der Waals surface area contributed by atoms with E-state index in [2.05, 4.69) is 172 Å². The molecule has 0 aliphatic heterocycles. The third-order valence-corrected chi connectivity index (χ3v) is 13.5. The SMILES string of the molecule is CC/C=C\C/C=C\C/C=C\C/C=C\C/C=C\C/C=C\C/C=C\C/C=C\CCCCCCCCCCCCC(=O)OC(COC(=O)CCCCCCC/C=C\C/C=C\C/C=C\C/C=C\C/C=C\CC)COP(=O)([O-])OCC[N+](C)(C)C. The van der Waals surface area contributed by atoms with Gasteiger partial charge in [-0.1, -0.05) is 242 Å². The molecule has 0 heterocycles. The van der Waals surface area contributed by atoms with E-state index in [4.69, 9.17) is 18.5 Å². The number of rotatable bonds is 55. The summed E-state index contributed by atoms with van der Waals surface area (Å²) in [5, 5.41) is 0. The number of ether oxygens (including phenoxy) is 2. The molecule has 80 heavy (non-hydrogen) atoms. The Labute approximate surface area is 490 Å². The number of carbonyl (C=O) groups is 2. The number of quaternary nitrogens is 1. The number of nitrogens with zero attached hydrogens (tertiary/aromatic N) is 1. The van der Waals surface area contributed by atoms with Gasteiger partial charge in [-0.2, -0.15) is 0 Å². The Morgan fingerprint density at radius 1 is 0.388 bits per heavy atom. The molecule has 10 heteroatoms. The van der Waals surface area contributed by atoms with E-state index < -0.39 is 32.5 Å². The van der Waals surface area contributed by atoms with Crippen LogP contribution >= 0.6 is 7.82 Å². The van der Waals surface area contributed by atoms with E-state index in [1.54, 1.807) is 0 Å². The molecular formula is C70H114NO8P. The molecule has 0 bridgehead atoms. The quantitative estimate of drug-likeness (QED) is 0.0195. The molecule has 0 aliphatic carbocycles. The molecule has 0 saturated carbocycles. The summed E-state index contributed by atoms with van der Waals surface area (Å²) in [5.74, 6) is -0.872. The zero-order valence-corrected chi connectivity index (χ0v) is 52.1. The smallest absolute Gasteiger partial charge is 0.306 e. The van der Waals surface area contributed by atoms with E-state index in [9.17, 15) is 19.0 Å². The number of allylic oxidation sites excluding steroid dienone is 26. The Balaban J connectivity index is 4.19. The predicted octanol–water partition coefficient (Wildman–Crippen LogP) is 19.4. The van der Waals surface area contributed by atoms with Gasteiger partial charge in [0.25, 0.3) is 7.82 Å². The molecule has 2 unspecified atom stereocenters. The molecule has 0 N–H and O–H groups in total. The van der Waals surface area contributed by atoms with Crippen molar-refractivity contribution in [3.63, 3.8) is 0 Å².